The minimum Gasteiger partial charge on any atom is -0.360 e. The van der Waals surface area contributed by atoms with Crippen molar-refractivity contribution >= 4 is 39.1 Å². The highest BCUT2D eigenvalue weighted by Gasteiger charge is 2.37. The molecule has 4 aromatic rings. The second kappa shape index (κ2) is 5.59. The number of aromatic nitrogens is 3. The summed E-state index contributed by atoms with van der Waals surface area (Å²) in [5.74, 6) is -0.379. The highest BCUT2D eigenvalue weighted by molar-refractivity contribution is 7.15. The molecule has 126 valence electrons. The molecular weight excluding hydrogens is 351 g/mol. The number of rotatable bonds is 3. The molecule has 4 rings (SSSR count). The minimum absolute atomic E-state index is 0.156. The lowest BCUT2D eigenvalue weighted by atomic mass is 10.1. The summed E-state index contributed by atoms with van der Waals surface area (Å²) in [6, 6.07) is 7.23. The second-order valence-corrected chi connectivity index (χ2v) is 6.22. The van der Waals surface area contributed by atoms with Gasteiger partial charge in [0.1, 0.15) is 0 Å². The Kier molecular flexibility index (Phi) is 3.50. The first kappa shape index (κ1) is 15.6. The number of imidazole rings is 1. The fourth-order valence-electron chi connectivity index (χ4n) is 2.69. The van der Waals surface area contributed by atoms with E-state index >= 15 is 0 Å². The van der Waals surface area contributed by atoms with Crippen LogP contribution in [0.15, 0.2) is 48.1 Å². The van der Waals surface area contributed by atoms with Crippen LogP contribution < -0.4 is 0 Å². The molecule has 3 heterocycles. The van der Waals surface area contributed by atoms with E-state index in [0.717, 1.165) is 28.3 Å². The molecule has 4 nitrogen and oxygen atoms in total. The van der Waals surface area contributed by atoms with Crippen LogP contribution in [0.3, 0.4) is 0 Å². The minimum atomic E-state index is -4.59. The van der Waals surface area contributed by atoms with Crippen LogP contribution in [0.5, 0.6) is 0 Å². The van der Waals surface area contributed by atoms with E-state index in [1.165, 1.54) is 16.7 Å². The number of allylic oxidation sites excluding steroid dienone is 1. The van der Waals surface area contributed by atoms with E-state index in [2.05, 4.69) is 9.97 Å². The van der Waals surface area contributed by atoms with Crippen molar-refractivity contribution in [1.29, 1.82) is 0 Å². The van der Waals surface area contributed by atoms with E-state index in [1.54, 1.807) is 23.7 Å². The molecule has 0 unspecified atom stereocenters. The zero-order chi connectivity index (χ0) is 17.6. The smallest absolute Gasteiger partial charge is 0.360 e. The number of halogens is 3. The molecule has 1 N–H and O–H groups in total. The van der Waals surface area contributed by atoms with Crippen molar-refractivity contribution in [2.75, 3.05) is 0 Å². The van der Waals surface area contributed by atoms with Crippen LogP contribution in [0.1, 0.15) is 21.7 Å². The summed E-state index contributed by atoms with van der Waals surface area (Å²) in [5, 5.41) is 2.36. The van der Waals surface area contributed by atoms with Gasteiger partial charge in [-0.15, -0.1) is 11.3 Å². The number of alkyl halides is 3. The number of benzene rings is 1. The number of thiazole rings is 1. The maximum absolute atomic E-state index is 13.2. The molecule has 1 aromatic carbocycles. The van der Waals surface area contributed by atoms with Gasteiger partial charge in [0.2, 0.25) is 0 Å². The van der Waals surface area contributed by atoms with Gasteiger partial charge in [0.25, 0.3) is 0 Å². The summed E-state index contributed by atoms with van der Waals surface area (Å²) in [5.41, 5.74) is 0.0468. The van der Waals surface area contributed by atoms with Gasteiger partial charge >= 0.3 is 6.18 Å². The van der Waals surface area contributed by atoms with Crippen LogP contribution in [0.4, 0.5) is 13.2 Å². The molecule has 0 fully saturated rings. The van der Waals surface area contributed by atoms with Crippen LogP contribution >= 0.6 is 11.3 Å². The molecule has 0 aliphatic rings. The Morgan fingerprint density at radius 3 is 2.88 bits per heavy atom. The van der Waals surface area contributed by atoms with Crippen LogP contribution in [-0.4, -0.2) is 20.2 Å². The first-order chi connectivity index (χ1) is 11.9. The lowest BCUT2D eigenvalue weighted by Crippen LogP contribution is -2.08. The fraction of sp³-hybridized carbons (Fsp3) is 0.0588. The summed E-state index contributed by atoms with van der Waals surface area (Å²) < 4.78 is 40.9. The maximum atomic E-state index is 13.2. The normalized spacial score (nSPS) is 12.6. The van der Waals surface area contributed by atoms with E-state index < -0.39 is 11.9 Å². The summed E-state index contributed by atoms with van der Waals surface area (Å²) in [6.45, 7) is 0. The highest BCUT2D eigenvalue weighted by atomic mass is 32.1. The number of hydrogen-bond donors (Lipinski definition) is 1. The molecule has 0 radical (unpaired) electrons. The lowest BCUT2D eigenvalue weighted by molar-refractivity contribution is -0.140. The summed E-state index contributed by atoms with van der Waals surface area (Å²) >= 11 is 1.10. The van der Waals surface area contributed by atoms with Gasteiger partial charge in [-0.25, -0.2) is 4.98 Å². The van der Waals surface area contributed by atoms with Crippen LogP contribution in [0, 0.1) is 0 Å². The first-order valence-electron chi connectivity index (χ1n) is 7.26. The predicted octanol–water partition coefficient (Wildman–Crippen LogP) is 4.79. The molecule has 25 heavy (non-hydrogen) atoms. The topological polar surface area (TPSA) is 50.2 Å². The summed E-state index contributed by atoms with van der Waals surface area (Å²) in [7, 11) is 0. The Morgan fingerprint density at radius 2 is 2.08 bits per heavy atom. The molecule has 0 bridgehead atoms. The van der Waals surface area contributed by atoms with Crippen LogP contribution in [0.25, 0.3) is 21.9 Å². The largest absolute Gasteiger partial charge is 0.435 e. The number of hydrogen-bond acceptors (Lipinski definition) is 3. The Morgan fingerprint density at radius 1 is 1.28 bits per heavy atom. The van der Waals surface area contributed by atoms with Gasteiger partial charge in [-0.3, -0.25) is 9.20 Å². The number of H-pyrrole nitrogens is 1. The third kappa shape index (κ3) is 2.64. The van der Waals surface area contributed by atoms with Crippen molar-refractivity contribution in [3.8, 4) is 0 Å². The number of carbonyl (C=O) groups is 1. The molecule has 0 amide bonds. The lowest BCUT2D eigenvalue weighted by Gasteiger charge is -2.03. The average Bonchev–Trinajstić information content (AvgIpc) is 3.26. The number of carbonyl (C=O) groups excluding carboxylic acids is 1. The van der Waals surface area contributed by atoms with Crippen LogP contribution in [-0.2, 0) is 6.18 Å². The highest BCUT2D eigenvalue weighted by Crippen LogP contribution is 2.33. The molecule has 3 aromatic heterocycles. The quantitative estimate of drug-likeness (QED) is 0.421. The number of nitrogens with one attached hydrogen (secondary N) is 1. The van der Waals surface area contributed by atoms with Gasteiger partial charge in [0.15, 0.2) is 16.4 Å². The third-order valence-corrected chi connectivity index (χ3v) is 4.57. The van der Waals surface area contributed by atoms with Crippen molar-refractivity contribution in [2.45, 2.75) is 6.18 Å². The first-order valence-corrected chi connectivity index (χ1v) is 8.14. The zero-order valence-electron chi connectivity index (χ0n) is 12.5. The van der Waals surface area contributed by atoms with Gasteiger partial charge in [-0.1, -0.05) is 18.2 Å². The molecule has 0 atom stereocenters. The van der Waals surface area contributed by atoms with E-state index in [9.17, 15) is 18.0 Å². The number of para-hydroxylation sites is 1. The van der Waals surface area contributed by atoms with Gasteiger partial charge < -0.3 is 4.98 Å². The zero-order valence-corrected chi connectivity index (χ0v) is 13.4. The van der Waals surface area contributed by atoms with Crippen molar-refractivity contribution in [3.63, 3.8) is 0 Å². The Balaban J connectivity index is 1.76. The van der Waals surface area contributed by atoms with Crippen molar-refractivity contribution < 1.29 is 18.0 Å². The maximum Gasteiger partial charge on any atom is 0.435 e. The Bertz CT molecular complexity index is 1120. The third-order valence-electron chi connectivity index (χ3n) is 3.81. The van der Waals surface area contributed by atoms with Crippen molar-refractivity contribution in [2.24, 2.45) is 0 Å². The standard InChI is InChI=1S/C17H10F3N3OS/c18-17(19,20)15-13(23-7-8-25-16(23)22-15)5-6-14(24)11-9-21-12-4-2-1-3-10(11)12/h1-9,21H. The van der Waals surface area contributed by atoms with Gasteiger partial charge in [0, 0.05) is 34.2 Å². The van der Waals surface area contributed by atoms with E-state index in [1.807, 2.05) is 12.1 Å². The number of ketones is 1. The van der Waals surface area contributed by atoms with Gasteiger partial charge in [0.05, 0.1) is 5.69 Å². The monoisotopic (exact) mass is 361 g/mol. The molecule has 0 aliphatic carbocycles. The van der Waals surface area contributed by atoms with Crippen LogP contribution in [0.2, 0.25) is 0 Å². The van der Waals surface area contributed by atoms with Crippen molar-refractivity contribution in [3.05, 3.63) is 65.1 Å². The number of aromatic amines is 1. The molecule has 0 spiro atoms. The molecule has 0 saturated carbocycles. The van der Waals surface area contributed by atoms with Gasteiger partial charge in [-0.05, 0) is 18.2 Å². The Hall–Kier alpha value is -2.87. The molecule has 0 aliphatic heterocycles. The Labute approximate surface area is 143 Å². The summed E-state index contributed by atoms with van der Waals surface area (Å²) in [4.78, 5) is 19.3. The van der Waals surface area contributed by atoms with E-state index in [4.69, 9.17) is 0 Å². The van der Waals surface area contributed by atoms with E-state index in [-0.39, 0.29) is 16.4 Å². The van der Waals surface area contributed by atoms with E-state index in [0.29, 0.717) is 5.56 Å². The number of nitrogens with zero attached hydrogens (tertiary/aromatic N) is 2. The second-order valence-electron chi connectivity index (χ2n) is 5.34. The fourth-order valence-corrected chi connectivity index (χ4v) is 3.41. The average molecular weight is 361 g/mol. The van der Waals surface area contributed by atoms with Crippen molar-refractivity contribution in [1.82, 2.24) is 14.4 Å². The summed E-state index contributed by atoms with van der Waals surface area (Å²) in [6.07, 6.45) is 0.775. The SMILES string of the molecule is O=C(C=Cc1c(C(F)(F)F)nc2sccn12)c1c[nH]c2ccccc12. The number of fused-ring (bicyclic) bond motifs is 2. The molecule has 8 heteroatoms. The molecular formula is C17H10F3N3OS. The molecule has 0 saturated heterocycles. The van der Waals surface area contributed by atoms with Gasteiger partial charge in [-0.2, -0.15) is 13.2 Å². The predicted molar refractivity (Wildman–Crippen MR) is 89.7 cm³/mol.